The number of anilines is 2. The van der Waals surface area contributed by atoms with Crippen molar-refractivity contribution < 1.29 is 9.53 Å². The van der Waals surface area contributed by atoms with Gasteiger partial charge in [0, 0.05) is 37.2 Å². The number of ether oxygens (including phenoxy) is 1. The summed E-state index contributed by atoms with van der Waals surface area (Å²) in [5.41, 5.74) is 2.66. The number of pyridine rings is 1. The molecule has 6 nitrogen and oxygen atoms in total. The molecule has 2 amide bonds. The van der Waals surface area contributed by atoms with Crippen molar-refractivity contribution >= 4 is 17.4 Å². The maximum atomic E-state index is 13.0. The lowest BCUT2D eigenvalue weighted by atomic mass is 9.83. The second-order valence-electron chi connectivity index (χ2n) is 9.61. The third kappa shape index (κ3) is 6.62. The molecular weight excluding hydrogens is 400 g/mol. The van der Waals surface area contributed by atoms with E-state index in [1.165, 1.54) is 19.3 Å². The first-order valence-electron chi connectivity index (χ1n) is 11.9. The van der Waals surface area contributed by atoms with Crippen molar-refractivity contribution in [2.75, 3.05) is 29.9 Å². The molecule has 2 heterocycles. The first-order chi connectivity index (χ1) is 15.4. The fourth-order valence-electron chi connectivity index (χ4n) is 3.85. The summed E-state index contributed by atoms with van der Waals surface area (Å²) in [6.07, 6.45) is 9.36. The number of hydrogen-bond acceptors (Lipinski definition) is 4. The minimum absolute atomic E-state index is 0.166. The van der Waals surface area contributed by atoms with E-state index >= 15 is 0 Å². The quantitative estimate of drug-likeness (QED) is 0.436. The first-order valence-corrected chi connectivity index (χ1v) is 11.9. The second kappa shape index (κ2) is 11.2. The van der Waals surface area contributed by atoms with Crippen LogP contribution in [0.4, 0.5) is 16.2 Å². The Balaban J connectivity index is 1.71. The van der Waals surface area contributed by atoms with E-state index in [-0.39, 0.29) is 17.5 Å². The van der Waals surface area contributed by atoms with Gasteiger partial charge in [0.05, 0.1) is 18.3 Å². The predicted octanol–water partition coefficient (Wildman–Crippen LogP) is 6.16. The lowest BCUT2D eigenvalue weighted by molar-refractivity contribution is 0.229. The molecule has 0 aliphatic carbocycles. The summed E-state index contributed by atoms with van der Waals surface area (Å²) in [5, 5.41) is 6.16. The van der Waals surface area contributed by atoms with Gasteiger partial charge in [-0.1, -0.05) is 53.0 Å². The van der Waals surface area contributed by atoms with Crippen LogP contribution in [0.15, 0.2) is 42.7 Å². The van der Waals surface area contributed by atoms with Gasteiger partial charge in [-0.3, -0.25) is 4.98 Å². The third-order valence-electron chi connectivity index (χ3n) is 5.85. The molecule has 1 aromatic heterocycles. The van der Waals surface area contributed by atoms with E-state index in [0.29, 0.717) is 12.3 Å². The second-order valence-corrected chi connectivity index (χ2v) is 9.61. The summed E-state index contributed by atoms with van der Waals surface area (Å²) in [6, 6.07) is 9.53. The van der Waals surface area contributed by atoms with Gasteiger partial charge >= 0.3 is 6.03 Å². The Morgan fingerprint density at radius 3 is 2.62 bits per heavy atom. The van der Waals surface area contributed by atoms with Gasteiger partial charge in [0.25, 0.3) is 0 Å². The van der Waals surface area contributed by atoms with Crippen LogP contribution < -0.4 is 20.3 Å². The van der Waals surface area contributed by atoms with E-state index in [4.69, 9.17) is 4.74 Å². The summed E-state index contributed by atoms with van der Waals surface area (Å²) in [6.45, 7) is 11.3. The van der Waals surface area contributed by atoms with Crippen molar-refractivity contribution in [2.24, 2.45) is 5.41 Å². The molecule has 0 radical (unpaired) electrons. The minimum atomic E-state index is -0.249. The van der Waals surface area contributed by atoms with Gasteiger partial charge in [0.15, 0.2) is 0 Å². The Kier molecular flexibility index (Phi) is 8.37. The number of amides is 2. The highest BCUT2D eigenvalue weighted by Crippen LogP contribution is 2.34. The number of nitrogens with one attached hydrogen (secondary N) is 2. The van der Waals surface area contributed by atoms with Crippen molar-refractivity contribution in [3.8, 4) is 5.75 Å². The largest absolute Gasteiger partial charge is 0.491 e. The monoisotopic (exact) mass is 438 g/mol. The molecule has 1 aromatic carbocycles. The van der Waals surface area contributed by atoms with Crippen molar-refractivity contribution in [3.63, 3.8) is 0 Å². The zero-order valence-electron chi connectivity index (χ0n) is 20.0. The number of benzene rings is 1. The van der Waals surface area contributed by atoms with Crippen LogP contribution in [-0.2, 0) is 0 Å². The number of carbonyl (C=O) groups excluding carboxylic acids is 1. The number of carbonyl (C=O) groups is 1. The average molecular weight is 439 g/mol. The van der Waals surface area contributed by atoms with Crippen LogP contribution in [0.3, 0.4) is 0 Å². The zero-order valence-corrected chi connectivity index (χ0v) is 20.0. The van der Waals surface area contributed by atoms with Gasteiger partial charge in [-0.15, -0.1) is 0 Å². The molecule has 0 bridgehead atoms. The Labute approximate surface area is 192 Å². The number of urea groups is 1. The van der Waals surface area contributed by atoms with Gasteiger partial charge in [-0.25, -0.2) is 4.79 Å². The lowest BCUT2D eigenvalue weighted by Gasteiger charge is -2.34. The van der Waals surface area contributed by atoms with Crippen LogP contribution in [0.25, 0.3) is 0 Å². The summed E-state index contributed by atoms with van der Waals surface area (Å²) in [4.78, 5) is 19.5. The molecular formula is C26H38N4O2. The topological polar surface area (TPSA) is 66.5 Å². The van der Waals surface area contributed by atoms with Gasteiger partial charge in [-0.2, -0.15) is 0 Å². The number of unbranched alkanes of at least 4 members (excludes halogenated alkanes) is 3. The fraction of sp³-hybridized carbons (Fsp3) is 0.538. The molecule has 1 aliphatic heterocycles. The Morgan fingerprint density at radius 1 is 1.19 bits per heavy atom. The van der Waals surface area contributed by atoms with E-state index < -0.39 is 0 Å². The van der Waals surface area contributed by atoms with E-state index in [2.05, 4.69) is 60.3 Å². The molecule has 2 N–H and O–H groups in total. The lowest BCUT2D eigenvalue weighted by Crippen LogP contribution is -2.39. The van der Waals surface area contributed by atoms with E-state index in [0.717, 1.165) is 42.9 Å². The van der Waals surface area contributed by atoms with Gasteiger partial charge < -0.3 is 20.3 Å². The summed E-state index contributed by atoms with van der Waals surface area (Å²) >= 11 is 0. The van der Waals surface area contributed by atoms with Crippen LogP contribution in [0.2, 0.25) is 0 Å². The van der Waals surface area contributed by atoms with Crippen LogP contribution in [-0.4, -0.2) is 30.7 Å². The molecule has 1 atom stereocenters. The fourth-order valence-corrected chi connectivity index (χ4v) is 3.85. The average Bonchev–Trinajstić information content (AvgIpc) is 2.72. The SMILES string of the molecule is CCCCCCOc1cc(N2CCC2)ccc1NC(=O)NC(c1cccnc1)C(C)(C)C. The van der Waals surface area contributed by atoms with Crippen LogP contribution in [0.1, 0.15) is 71.4 Å². The summed E-state index contributed by atoms with van der Waals surface area (Å²) in [7, 11) is 0. The van der Waals surface area contributed by atoms with Crippen LogP contribution in [0, 0.1) is 5.41 Å². The van der Waals surface area contributed by atoms with Crippen LogP contribution >= 0.6 is 0 Å². The maximum Gasteiger partial charge on any atom is 0.319 e. The van der Waals surface area contributed by atoms with Crippen molar-refractivity contribution in [2.45, 2.75) is 65.8 Å². The predicted molar refractivity (Wildman–Crippen MR) is 131 cm³/mol. The Hall–Kier alpha value is -2.76. The standard InChI is InChI=1S/C26H38N4O2/c1-5-6-7-8-17-32-23-18-21(30-15-10-16-30)12-13-22(23)28-25(31)29-24(26(2,3)4)20-11-9-14-27-19-20/h9,11-14,18-19,24H,5-8,10,15-17H2,1-4H3,(H2,28,29,31). The Bertz CT molecular complexity index is 860. The van der Waals surface area contributed by atoms with Gasteiger partial charge in [0.2, 0.25) is 0 Å². The number of rotatable bonds is 10. The normalized spacial score (nSPS) is 14.4. The molecule has 6 heteroatoms. The van der Waals surface area contributed by atoms with E-state index in [1.807, 2.05) is 24.4 Å². The minimum Gasteiger partial charge on any atom is -0.491 e. The first kappa shape index (κ1) is 23.9. The molecule has 0 spiro atoms. The Morgan fingerprint density at radius 2 is 2.00 bits per heavy atom. The van der Waals surface area contributed by atoms with Crippen molar-refractivity contribution in [3.05, 3.63) is 48.3 Å². The highest BCUT2D eigenvalue weighted by Gasteiger charge is 2.28. The molecule has 1 aliphatic rings. The molecule has 174 valence electrons. The summed E-state index contributed by atoms with van der Waals surface area (Å²) in [5.74, 6) is 0.731. The van der Waals surface area contributed by atoms with Crippen molar-refractivity contribution in [1.29, 1.82) is 0 Å². The van der Waals surface area contributed by atoms with E-state index in [9.17, 15) is 4.79 Å². The maximum absolute atomic E-state index is 13.0. The van der Waals surface area contributed by atoms with E-state index in [1.54, 1.807) is 6.20 Å². The molecule has 1 saturated heterocycles. The van der Waals surface area contributed by atoms with Gasteiger partial charge in [-0.05, 0) is 42.0 Å². The number of aromatic nitrogens is 1. The smallest absolute Gasteiger partial charge is 0.319 e. The highest BCUT2D eigenvalue weighted by molar-refractivity contribution is 5.91. The highest BCUT2D eigenvalue weighted by atomic mass is 16.5. The molecule has 0 saturated carbocycles. The summed E-state index contributed by atoms with van der Waals surface area (Å²) < 4.78 is 6.12. The molecule has 1 fully saturated rings. The van der Waals surface area contributed by atoms with Crippen molar-refractivity contribution in [1.82, 2.24) is 10.3 Å². The number of nitrogens with zero attached hydrogens (tertiary/aromatic N) is 2. The molecule has 3 rings (SSSR count). The zero-order chi connectivity index (χ0) is 23.0. The van der Waals surface area contributed by atoms with Gasteiger partial charge in [0.1, 0.15) is 5.75 Å². The van der Waals surface area contributed by atoms with Crippen LogP contribution in [0.5, 0.6) is 5.75 Å². The third-order valence-corrected chi connectivity index (χ3v) is 5.85. The molecule has 1 unspecified atom stereocenters. The number of hydrogen-bond donors (Lipinski definition) is 2. The molecule has 32 heavy (non-hydrogen) atoms. The molecule has 2 aromatic rings.